The summed E-state index contributed by atoms with van der Waals surface area (Å²) in [6, 6.07) is 4.93. The van der Waals surface area contributed by atoms with Gasteiger partial charge in [0, 0.05) is 17.1 Å². The van der Waals surface area contributed by atoms with E-state index in [9.17, 15) is 10.1 Å². The number of hydrogen-bond acceptors (Lipinski definition) is 5. The molecule has 2 aromatic heterocycles. The second kappa shape index (κ2) is 5.59. The summed E-state index contributed by atoms with van der Waals surface area (Å²) < 4.78 is 0. The van der Waals surface area contributed by atoms with Gasteiger partial charge in [0.25, 0.3) is 5.69 Å². The Morgan fingerprint density at radius 2 is 2.33 bits per heavy atom. The molecule has 2 rings (SSSR count). The van der Waals surface area contributed by atoms with Gasteiger partial charge >= 0.3 is 0 Å². The fraction of sp³-hybridized carbons (Fsp3) is 0.250. The average molecular weight is 263 g/mol. The second-order valence-corrected chi connectivity index (χ2v) is 4.73. The van der Waals surface area contributed by atoms with Crippen molar-refractivity contribution >= 4 is 22.8 Å². The van der Waals surface area contributed by atoms with Crippen LogP contribution in [0.4, 0.5) is 11.5 Å². The van der Waals surface area contributed by atoms with Crippen LogP contribution < -0.4 is 5.32 Å². The van der Waals surface area contributed by atoms with Crippen LogP contribution in [-0.4, -0.2) is 9.91 Å². The Kier molecular flexibility index (Phi) is 3.88. The second-order valence-electron chi connectivity index (χ2n) is 3.73. The lowest BCUT2D eigenvalue weighted by molar-refractivity contribution is -0.384. The molecular weight excluding hydrogens is 250 g/mol. The number of thiophene rings is 1. The molecule has 0 saturated carbocycles. The predicted octanol–water partition coefficient (Wildman–Crippen LogP) is 3.23. The number of nitrogens with zero attached hydrogens (tertiary/aromatic N) is 2. The molecule has 94 valence electrons. The summed E-state index contributed by atoms with van der Waals surface area (Å²) in [5.74, 6) is 0.527. The molecular formula is C12H13N3O2S. The van der Waals surface area contributed by atoms with Crippen LogP contribution in [0.3, 0.4) is 0 Å². The standard InChI is InChI=1S/C12H13N3O2S/c1-2-9-4-6-18-11(9)8-14-12-7-10(15(16)17)3-5-13-12/h3-7H,2,8H2,1H3,(H,13,14). The number of hydrogen-bond donors (Lipinski definition) is 1. The highest BCUT2D eigenvalue weighted by Crippen LogP contribution is 2.20. The van der Waals surface area contributed by atoms with Crippen molar-refractivity contribution in [1.82, 2.24) is 4.98 Å². The molecule has 18 heavy (non-hydrogen) atoms. The van der Waals surface area contributed by atoms with Gasteiger partial charge in [0.05, 0.1) is 17.5 Å². The van der Waals surface area contributed by atoms with E-state index in [1.165, 1.54) is 28.8 Å². The fourth-order valence-electron chi connectivity index (χ4n) is 1.64. The lowest BCUT2D eigenvalue weighted by Gasteiger charge is -2.05. The first-order valence-corrected chi connectivity index (χ1v) is 6.48. The molecule has 0 aromatic carbocycles. The number of nitrogens with one attached hydrogen (secondary N) is 1. The fourth-order valence-corrected chi connectivity index (χ4v) is 2.55. The lowest BCUT2D eigenvalue weighted by atomic mass is 10.2. The monoisotopic (exact) mass is 263 g/mol. The number of aryl methyl sites for hydroxylation is 1. The van der Waals surface area contributed by atoms with Gasteiger partial charge in [0.1, 0.15) is 5.82 Å². The van der Waals surface area contributed by atoms with Crippen molar-refractivity contribution in [2.45, 2.75) is 19.9 Å². The molecule has 0 bridgehead atoms. The first kappa shape index (κ1) is 12.5. The molecule has 2 heterocycles. The minimum atomic E-state index is -0.421. The van der Waals surface area contributed by atoms with Gasteiger partial charge < -0.3 is 5.32 Å². The maximum atomic E-state index is 10.6. The molecule has 0 aliphatic carbocycles. The largest absolute Gasteiger partial charge is 0.365 e. The molecule has 2 aromatic rings. The van der Waals surface area contributed by atoms with Crippen LogP contribution in [0.15, 0.2) is 29.8 Å². The number of anilines is 1. The van der Waals surface area contributed by atoms with Gasteiger partial charge in [0.15, 0.2) is 0 Å². The number of rotatable bonds is 5. The van der Waals surface area contributed by atoms with Gasteiger partial charge in [-0.1, -0.05) is 6.92 Å². The quantitative estimate of drug-likeness (QED) is 0.664. The molecule has 0 unspecified atom stereocenters. The van der Waals surface area contributed by atoms with Gasteiger partial charge in [-0.15, -0.1) is 11.3 Å². The molecule has 5 nitrogen and oxygen atoms in total. The molecule has 0 spiro atoms. The molecule has 0 aliphatic heterocycles. The highest BCUT2D eigenvalue weighted by Gasteiger charge is 2.07. The Balaban J connectivity index is 2.06. The summed E-state index contributed by atoms with van der Waals surface area (Å²) in [5.41, 5.74) is 1.35. The minimum Gasteiger partial charge on any atom is -0.365 e. The molecule has 6 heteroatoms. The van der Waals surface area contributed by atoms with Crippen LogP contribution in [0.5, 0.6) is 0 Å². The van der Waals surface area contributed by atoms with Gasteiger partial charge in [-0.2, -0.15) is 0 Å². The van der Waals surface area contributed by atoms with Crippen molar-refractivity contribution in [2.75, 3.05) is 5.32 Å². The van der Waals surface area contributed by atoms with E-state index in [1.807, 2.05) is 0 Å². The summed E-state index contributed by atoms with van der Waals surface area (Å²) in [5, 5.41) is 15.8. The van der Waals surface area contributed by atoms with Gasteiger partial charge in [-0.25, -0.2) is 4.98 Å². The third kappa shape index (κ3) is 2.84. The average Bonchev–Trinajstić information content (AvgIpc) is 2.84. The molecule has 0 saturated heterocycles. The van der Waals surface area contributed by atoms with Crippen LogP contribution in [-0.2, 0) is 13.0 Å². The van der Waals surface area contributed by atoms with Gasteiger partial charge in [-0.3, -0.25) is 10.1 Å². The Morgan fingerprint density at radius 1 is 1.50 bits per heavy atom. The molecule has 0 atom stereocenters. The lowest BCUT2D eigenvalue weighted by Crippen LogP contribution is -2.02. The summed E-state index contributed by atoms with van der Waals surface area (Å²) in [7, 11) is 0. The summed E-state index contributed by atoms with van der Waals surface area (Å²) in [6.07, 6.45) is 2.43. The number of nitro groups is 1. The van der Waals surface area contributed by atoms with Crippen LogP contribution in [0, 0.1) is 10.1 Å². The zero-order valence-corrected chi connectivity index (χ0v) is 10.7. The zero-order valence-electron chi connectivity index (χ0n) is 9.92. The summed E-state index contributed by atoms with van der Waals surface area (Å²) >= 11 is 1.68. The third-order valence-corrected chi connectivity index (χ3v) is 3.57. The van der Waals surface area contributed by atoms with Gasteiger partial charge in [-0.05, 0) is 23.4 Å². The van der Waals surface area contributed by atoms with E-state index >= 15 is 0 Å². The Hall–Kier alpha value is -1.95. The number of pyridine rings is 1. The van der Waals surface area contributed by atoms with Crippen molar-refractivity contribution in [3.05, 3.63) is 50.3 Å². The molecule has 1 N–H and O–H groups in total. The molecule has 0 fully saturated rings. The van der Waals surface area contributed by atoms with Crippen LogP contribution in [0.2, 0.25) is 0 Å². The normalized spacial score (nSPS) is 10.3. The molecule has 0 radical (unpaired) electrons. The molecule has 0 amide bonds. The van der Waals surface area contributed by atoms with Crippen molar-refractivity contribution in [3.8, 4) is 0 Å². The summed E-state index contributed by atoms with van der Waals surface area (Å²) in [6.45, 7) is 2.76. The van der Waals surface area contributed by atoms with Crippen molar-refractivity contribution in [2.24, 2.45) is 0 Å². The van der Waals surface area contributed by atoms with E-state index in [0.29, 0.717) is 12.4 Å². The Labute approximate surface area is 109 Å². The predicted molar refractivity (Wildman–Crippen MR) is 71.9 cm³/mol. The van der Waals surface area contributed by atoms with Crippen molar-refractivity contribution < 1.29 is 4.92 Å². The summed E-state index contributed by atoms with van der Waals surface area (Å²) in [4.78, 5) is 15.5. The SMILES string of the molecule is CCc1ccsc1CNc1cc([N+](=O)[O-])ccn1. The smallest absolute Gasteiger partial charge is 0.274 e. The van der Waals surface area contributed by atoms with Crippen molar-refractivity contribution in [3.63, 3.8) is 0 Å². The maximum Gasteiger partial charge on any atom is 0.274 e. The third-order valence-electron chi connectivity index (χ3n) is 2.60. The minimum absolute atomic E-state index is 0.0504. The van der Waals surface area contributed by atoms with E-state index in [4.69, 9.17) is 0 Å². The highest BCUT2D eigenvalue weighted by molar-refractivity contribution is 7.10. The van der Waals surface area contributed by atoms with E-state index in [0.717, 1.165) is 6.42 Å². The Bertz CT molecular complexity index is 554. The van der Waals surface area contributed by atoms with Crippen LogP contribution in [0.25, 0.3) is 0 Å². The zero-order chi connectivity index (χ0) is 13.0. The van der Waals surface area contributed by atoms with Crippen LogP contribution >= 0.6 is 11.3 Å². The number of aromatic nitrogens is 1. The van der Waals surface area contributed by atoms with E-state index in [-0.39, 0.29) is 5.69 Å². The Morgan fingerprint density at radius 3 is 3.06 bits per heavy atom. The van der Waals surface area contributed by atoms with E-state index < -0.39 is 4.92 Å². The topological polar surface area (TPSA) is 68.1 Å². The molecule has 0 aliphatic rings. The maximum absolute atomic E-state index is 10.6. The van der Waals surface area contributed by atoms with Gasteiger partial charge in [0.2, 0.25) is 0 Å². The van der Waals surface area contributed by atoms with E-state index in [1.54, 1.807) is 11.3 Å². The van der Waals surface area contributed by atoms with Crippen LogP contribution in [0.1, 0.15) is 17.4 Å². The highest BCUT2D eigenvalue weighted by atomic mass is 32.1. The van der Waals surface area contributed by atoms with E-state index in [2.05, 4.69) is 28.7 Å². The van der Waals surface area contributed by atoms with Crippen molar-refractivity contribution in [1.29, 1.82) is 0 Å². The first-order chi connectivity index (χ1) is 8.70. The first-order valence-electron chi connectivity index (χ1n) is 5.60.